The summed E-state index contributed by atoms with van der Waals surface area (Å²) in [5.41, 5.74) is 2.31. The lowest BCUT2D eigenvalue weighted by atomic mass is 9.98. The van der Waals surface area contributed by atoms with Crippen molar-refractivity contribution >= 4 is 0 Å². The van der Waals surface area contributed by atoms with Gasteiger partial charge in [-0.05, 0) is 32.0 Å². The maximum atomic E-state index is 5.47. The minimum absolute atomic E-state index is 0.106. The van der Waals surface area contributed by atoms with Crippen molar-refractivity contribution in [2.75, 3.05) is 13.7 Å². The first-order chi connectivity index (χ1) is 9.27. The standard InChI is InChI=1S/C16H21NO2/c1-4-10-17-16(13-9-11-19-12(13)2)14-7-5-6-8-15(14)18-3/h5-9,11,16-17H,4,10H2,1-3H3. The number of para-hydroxylation sites is 1. The van der Waals surface area contributed by atoms with Crippen LogP contribution in [-0.2, 0) is 0 Å². The highest BCUT2D eigenvalue weighted by atomic mass is 16.5. The molecule has 0 saturated carbocycles. The molecule has 1 unspecified atom stereocenters. The highest BCUT2D eigenvalue weighted by Crippen LogP contribution is 2.31. The van der Waals surface area contributed by atoms with Gasteiger partial charge in [0.05, 0.1) is 19.4 Å². The monoisotopic (exact) mass is 259 g/mol. The van der Waals surface area contributed by atoms with Crippen LogP contribution in [0.1, 0.15) is 36.3 Å². The van der Waals surface area contributed by atoms with E-state index in [0.29, 0.717) is 0 Å². The third-order valence-electron chi connectivity index (χ3n) is 3.26. The zero-order chi connectivity index (χ0) is 13.7. The molecule has 19 heavy (non-hydrogen) atoms. The number of benzene rings is 1. The minimum Gasteiger partial charge on any atom is -0.496 e. The maximum absolute atomic E-state index is 5.47. The fourth-order valence-electron chi connectivity index (χ4n) is 2.28. The van der Waals surface area contributed by atoms with E-state index >= 15 is 0 Å². The molecule has 0 aliphatic carbocycles. The van der Waals surface area contributed by atoms with Gasteiger partial charge < -0.3 is 14.5 Å². The van der Waals surface area contributed by atoms with Crippen molar-refractivity contribution in [3.63, 3.8) is 0 Å². The Morgan fingerprint density at radius 2 is 2.00 bits per heavy atom. The molecule has 3 nitrogen and oxygen atoms in total. The Bertz CT molecular complexity index is 519. The third-order valence-corrected chi connectivity index (χ3v) is 3.26. The molecule has 1 atom stereocenters. The largest absolute Gasteiger partial charge is 0.496 e. The summed E-state index contributed by atoms with van der Waals surface area (Å²) < 4.78 is 10.9. The molecular formula is C16H21NO2. The molecule has 0 aliphatic rings. The Morgan fingerprint density at radius 3 is 2.63 bits per heavy atom. The molecule has 0 saturated heterocycles. The Labute approximate surface area is 114 Å². The van der Waals surface area contributed by atoms with E-state index < -0.39 is 0 Å². The number of nitrogens with one attached hydrogen (secondary N) is 1. The predicted octanol–water partition coefficient (Wildman–Crippen LogP) is 3.69. The first-order valence-corrected chi connectivity index (χ1v) is 6.68. The molecule has 1 N–H and O–H groups in total. The first kappa shape index (κ1) is 13.7. The number of ether oxygens (including phenoxy) is 1. The molecule has 0 amide bonds. The van der Waals surface area contributed by atoms with Crippen LogP contribution < -0.4 is 10.1 Å². The quantitative estimate of drug-likeness (QED) is 0.859. The van der Waals surface area contributed by atoms with E-state index in [-0.39, 0.29) is 6.04 Å². The molecule has 0 fully saturated rings. The summed E-state index contributed by atoms with van der Waals surface area (Å²) in [7, 11) is 1.71. The van der Waals surface area contributed by atoms with Crippen molar-refractivity contribution in [1.29, 1.82) is 0 Å². The van der Waals surface area contributed by atoms with Gasteiger partial charge in [0.25, 0.3) is 0 Å². The molecule has 1 heterocycles. The molecule has 102 valence electrons. The number of aryl methyl sites for hydroxylation is 1. The van der Waals surface area contributed by atoms with Crippen LogP contribution in [0.3, 0.4) is 0 Å². The van der Waals surface area contributed by atoms with Crippen molar-refractivity contribution in [2.24, 2.45) is 0 Å². The first-order valence-electron chi connectivity index (χ1n) is 6.68. The van der Waals surface area contributed by atoms with Crippen LogP contribution >= 0.6 is 0 Å². The molecule has 2 rings (SSSR count). The predicted molar refractivity (Wildman–Crippen MR) is 76.6 cm³/mol. The van der Waals surface area contributed by atoms with Crippen LogP contribution in [0.2, 0.25) is 0 Å². The van der Waals surface area contributed by atoms with E-state index in [4.69, 9.17) is 9.15 Å². The smallest absolute Gasteiger partial charge is 0.123 e. The second-order valence-corrected chi connectivity index (χ2v) is 4.56. The number of hydrogen-bond acceptors (Lipinski definition) is 3. The van der Waals surface area contributed by atoms with Crippen molar-refractivity contribution < 1.29 is 9.15 Å². The highest BCUT2D eigenvalue weighted by molar-refractivity contribution is 5.42. The molecular weight excluding hydrogens is 238 g/mol. The summed E-state index contributed by atoms with van der Waals surface area (Å²) >= 11 is 0. The van der Waals surface area contributed by atoms with Gasteiger partial charge in [0.15, 0.2) is 0 Å². The highest BCUT2D eigenvalue weighted by Gasteiger charge is 2.20. The summed E-state index contributed by atoms with van der Waals surface area (Å²) in [5.74, 6) is 1.84. The van der Waals surface area contributed by atoms with E-state index in [1.165, 1.54) is 0 Å². The van der Waals surface area contributed by atoms with Gasteiger partial charge in [-0.2, -0.15) is 0 Å². The van der Waals surface area contributed by atoms with Crippen LogP contribution in [0, 0.1) is 6.92 Å². The third kappa shape index (κ3) is 2.99. The topological polar surface area (TPSA) is 34.4 Å². The Hall–Kier alpha value is -1.74. The Morgan fingerprint density at radius 1 is 1.21 bits per heavy atom. The summed E-state index contributed by atoms with van der Waals surface area (Å²) in [5, 5.41) is 3.56. The number of methoxy groups -OCH3 is 1. The van der Waals surface area contributed by atoms with Crippen LogP contribution in [0.25, 0.3) is 0 Å². The molecule has 0 radical (unpaired) electrons. The van der Waals surface area contributed by atoms with Gasteiger partial charge in [-0.25, -0.2) is 0 Å². The summed E-state index contributed by atoms with van der Waals surface area (Å²) in [6, 6.07) is 10.2. The number of rotatable bonds is 6. The van der Waals surface area contributed by atoms with Gasteiger partial charge in [0.2, 0.25) is 0 Å². The van der Waals surface area contributed by atoms with Gasteiger partial charge in [-0.1, -0.05) is 25.1 Å². The normalized spacial score (nSPS) is 12.4. The molecule has 0 spiro atoms. The lowest BCUT2D eigenvalue weighted by molar-refractivity contribution is 0.403. The minimum atomic E-state index is 0.106. The zero-order valence-electron chi connectivity index (χ0n) is 11.8. The van der Waals surface area contributed by atoms with E-state index in [1.807, 2.05) is 31.2 Å². The van der Waals surface area contributed by atoms with Crippen LogP contribution in [0.15, 0.2) is 41.0 Å². The summed E-state index contributed by atoms with van der Waals surface area (Å²) in [6.07, 6.45) is 2.82. The summed E-state index contributed by atoms with van der Waals surface area (Å²) in [4.78, 5) is 0. The Kier molecular flexibility index (Phi) is 4.63. The average Bonchev–Trinajstić information content (AvgIpc) is 2.86. The molecule has 2 aromatic rings. The molecule has 1 aromatic heterocycles. The van der Waals surface area contributed by atoms with Crippen LogP contribution in [0.5, 0.6) is 5.75 Å². The van der Waals surface area contributed by atoms with Gasteiger partial charge in [-0.15, -0.1) is 0 Å². The van der Waals surface area contributed by atoms with E-state index in [0.717, 1.165) is 35.6 Å². The SMILES string of the molecule is CCCNC(c1ccccc1OC)c1ccoc1C. The fraction of sp³-hybridized carbons (Fsp3) is 0.375. The van der Waals surface area contributed by atoms with Crippen molar-refractivity contribution in [3.8, 4) is 5.75 Å². The molecule has 1 aromatic carbocycles. The van der Waals surface area contributed by atoms with Gasteiger partial charge >= 0.3 is 0 Å². The van der Waals surface area contributed by atoms with Crippen LogP contribution in [-0.4, -0.2) is 13.7 Å². The van der Waals surface area contributed by atoms with Crippen LogP contribution in [0.4, 0.5) is 0 Å². The molecule has 0 bridgehead atoms. The lowest BCUT2D eigenvalue weighted by Gasteiger charge is -2.21. The van der Waals surface area contributed by atoms with E-state index in [2.05, 4.69) is 18.3 Å². The van der Waals surface area contributed by atoms with Crippen molar-refractivity contribution in [1.82, 2.24) is 5.32 Å². The second-order valence-electron chi connectivity index (χ2n) is 4.56. The fourth-order valence-corrected chi connectivity index (χ4v) is 2.28. The van der Waals surface area contributed by atoms with Crippen molar-refractivity contribution in [2.45, 2.75) is 26.3 Å². The maximum Gasteiger partial charge on any atom is 0.123 e. The molecule has 0 aliphatic heterocycles. The van der Waals surface area contributed by atoms with Gasteiger partial charge in [-0.3, -0.25) is 0 Å². The number of furan rings is 1. The van der Waals surface area contributed by atoms with Gasteiger partial charge in [0, 0.05) is 11.1 Å². The zero-order valence-corrected chi connectivity index (χ0v) is 11.8. The number of hydrogen-bond donors (Lipinski definition) is 1. The Balaban J connectivity index is 2.40. The molecule has 3 heteroatoms. The average molecular weight is 259 g/mol. The lowest BCUT2D eigenvalue weighted by Crippen LogP contribution is -2.23. The van der Waals surface area contributed by atoms with Gasteiger partial charge in [0.1, 0.15) is 11.5 Å². The summed E-state index contributed by atoms with van der Waals surface area (Å²) in [6.45, 7) is 5.10. The van der Waals surface area contributed by atoms with Crippen molar-refractivity contribution in [3.05, 3.63) is 53.5 Å². The van der Waals surface area contributed by atoms with E-state index in [9.17, 15) is 0 Å². The second kappa shape index (κ2) is 6.43. The van der Waals surface area contributed by atoms with E-state index in [1.54, 1.807) is 13.4 Å².